The summed E-state index contributed by atoms with van der Waals surface area (Å²) in [4.78, 5) is 2.46. The van der Waals surface area contributed by atoms with E-state index in [9.17, 15) is 0 Å². The third-order valence-electron chi connectivity index (χ3n) is 3.38. The van der Waals surface area contributed by atoms with Crippen LogP contribution in [0, 0.1) is 17.8 Å². The molecule has 2 atom stereocenters. The number of hydrogen-bond donors (Lipinski definition) is 1. The van der Waals surface area contributed by atoms with Crippen molar-refractivity contribution in [3.63, 3.8) is 0 Å². The Bertz CT molecular complexity index is 157. The molecule has 98 valence electrons. The van der Waals surface area contributed by atoms with E-state index in [0.717, 1.165) is 18.4 Å². The predicted octanol–water partition coefficient (Wildman–Crippen LogP) is 2.98. The van der Waals surface area contributed by atoms with Gasteiger partial charge in [0.2, 0.25) is 0 Å². The van der Waals surface area contributed by atoms with E-state index in [1.807, 2.05) is 0 Å². The van der Waals surface area contributed by atoms with Crippen LogP contribution in [0.4, 0.5) is 0 Å². The molecule has 0 saturated carbocycles. The molecule has 0 aromatic rings. The third-order valence-corrected chi connectivity index (χ3v) is 3.38. The average Bonchev–Trinajstić information content (AvgIpc) is 2.23. The molecule has 0 aromatic carbocycles. The molecular formula is C14H32N2. The summed E-state index contributed by atoms with van der Waals surface area (Å²) in [6, 6.07) is 0. The second-order valence-corrected chi connectivity index (χ2v) is 5.80. The second kappa shape index (κ2) is 9.00. The van der Waals surface area contributed by atoms with Gasteiger partial charge in [-0.15, -0.1) is 0 Å². The molecule has 0 aromatic heterocycles. The fourth-order valence-corrected chi connectivity index (χ4v) is 2.15. The zero-order chi connectivity index (χ0) is 12.6. The van der Waals surface area contributed by atoms with Crippen LogP contribution >= 0.6 is 0 Å². The van der Waals surface area contributed by atoms with Gasteiger partial charge in [-0.2, -0.15) is 0 Å². The molecule has 2 heteroatoms. The SMILES string of the molecule is CCC(C)CN(C)CCC(CN)CC(C)C. The highest BCUT2D eigenvalue weighted by Crippen LogP contribution is 2.15. The lowest BCUT2D eigenvalue weighted by Crippen LogP contribution is -2.28. The Morgan fingerprint density at radius 2 is 1.81 bits per heavy atom. The van der Waals surface area contributed by atoms with Gasteiger partial charge in [0.1, 0.15) is 0 Å². The predicted molar refractivity (Wildman–Crippen MR) is 73.6 cm³/mol. The maximum atomic E-state index is 5.82. The van der Waals surface area contributed by atoms with Gasteiger partial charge in [-0.1, -0.05) is 34.1 Å². The van der Waals surface area contributed by atoms with Crippen LogP contribution in [0.2, 0.25) is 0 Å². The van der Waals surface area contributed by atoms with Crippen LogP contribution in [-0.2, 0) is 0 Å². The molecule has 0 saturated heterocycles. The van der Waals surface area contributed by atoms with Crippen LogP contribution < -0.4 is 5.73 Å². The molecule has 16 heavy (non-hydrogen) atoms. The van der Waals surface area contributed by atoms with Crippen LogP contribution in [0.1, 0.15) is 47.0 Å². The first-order valence-corrected chi connectivity index (χ1v) is 6.88. The minimum absolute atomic E-state index is 0.708. The Morgan fingerprint density at radius 3 is 2.25 bits per heavy atom. The van der Waals surface area contributed by atoms with Crippen molar-refractivity contribution < 1.29 is 0 Å². The summed E-state index contributed by atoms with van der Waals surface area (Å²) in [5.41, 5.74) is 5.82. The van der Waals surface area contributed by atoms with Gasteiger partial charge in [-0.25, -0.2) is 0 Å². The van der Waals surface area contributed by atoms with Gasteiger partial charge >= 0.3 is 0 Å². The summed E-state index contributed by atoms with van der Waals surface area (Å²) in [6.45, 7) is 12.4. The van der Waals surface area contributed by atoms with Crippen molar-refractivity contribution in [3.8, 4) is 0 Å². The zero-order valence-corrected chi connectivity index (χ0v) is 12.0. The largest absolute Gasteiger partial charge is 0.330 e. The van der Waals surface area contributed by atoms with Crippen molar-refractivity contribution in [2.24, 2.45) is 23.5 Å². The Kier molecular flexibility index (Phi) is 8.96. The highest BCUT2D eigenvalue weighted by Gasteiger charge is 2.11. The molecule has 0 aliphatic heterocycles. The third kappa shape index (κ3) is 8.12. The molecule has 0 aliphatic carbocycles. The van der Waals surface area contributed by atoms with Crippen LogP contribution in [0.25, 0.3) is 0 Å². The Balaban J connectivity index is 3.74. The van der Waals surface area contributed by atoms with E-state index >= 15 is 0 Å². The first-order valence-electron chi connectivity index (χ1n) is 6.88. The van der Waals surface area contributed by atoms with Crippen molar-refractivity contribution in [2.45, 2.75) is 47.0 Å². The number of nitrogens with two attached hydrogens (primary N) is 1. The van der Waals surface area contributed by atoms with Gasteiger partial charge in [0.05, 0.1) is 0 Å². The number of nitrogens with zero attached hydrogens (tertiary/aromatic N) is 1. The quantitative estimate of drug-likeness (QED) is 0.657. The molecule has 0 radical (unpaired) electrons. The van der Waals surface area contributed by atoms with E-state index < -0.39 is 0 Å². The summed E-state index contributed by atoms with van der Waals surface area (Å²) in [5, 5.41) is 0. The summed E-state index contributed by atoms with van der Waals surface area (Å²) < 4.78 is 0. The molecule has 0 aliphatic rings. The fraction of sp³-hybridized carbons (Fsp3) is 1.00. The molecule has 0 spiro atoms. The topological polar surface area (TPSA) is 29.3 Å². The molecular weight excluding hydrogens is 196 g/mol. The highest BCUT2D eigenvalue weighted by molar-refractivity contribution is 4.66. The first-order chi connectivity index (χ1) is 7.49. The van der Waals surface area contributed by atoms with E-state index in [-0.39, 0.29) is 0 Å². The van der Waals surface area contributed by atoms with E-state index in [1.165, 1.54) is 32.4 Å². The van der Waals surface area contributed by atoms with Gasteiger partial charge in [-0.05, 0) is 50.7 Å². The molecule has 2 N–H and O–H groups in total. The lowest BCUT2D eigenvalue weighted by molar-refractivity contribution is 0.252. The summed E-state index contributed by atoms with van der Waals surface area (Å²) in [7, 11) is 2.23. The van der Waals surface area contributed by atoms with E-state index in [2.05, 4.69) is 39.6 Å². The molecule has 0 amide bonds. The Labute approximate surface area is 103 Å². The van der Waals surface area contributed by atoms with Crippen molar-refractivity contribution in [1.29, 1.82) is 0 Å². The van der Waals surface area contributed by atoms with E-state index in [1.54, 1.807) is 0 Å². The maximum absolute atomic E-state index is 5.82. The monoisotopic (exact) mass is 228 g/mol. The second-order valence-electron chi connectivity index (χ2n) is 5.80. The highest BCUT2D eigenvalue weighted by atomic mass is 15.1. The van der Waals surface area contributed by atoms with Crippen molar-refractivity contribution in [1.82, 2.24) is 4.90 Å². The van der Waals surface area contributed by atoms with Gasteiger partial charge in [0.25, 0.3) is 0 Å². The minimum atomic E-state index is 0.708. The fourth-order valence-electron chi connectivity index (χ4n) is 2.15. The minimum Gasteiger partial charge on any atom is -0.330 e. The standard InChI is InChI=1S/C14H32N2/c1-6-13(4)11-16(5)8-7-14(10-15)9-12(2)3/h12-14H,6-11,15H2,1-5H3. The molecule has 0 heterocycles. The summed E-state index contributed by atoms with van der Waals surface area (Å²) in [5.74, 6) is 2.29. The molecule has 0 fully saturated rings. The lowest BCUT2D eigenvalue weighted by Gasteiger charge is -2.24. The number of rotatable bonds is 9. The summed E-state index contributed by atoms with van der Waals surface area (Å²) >= 11 is 0. The van der Waals surface area contributed by atoms with Crippen LogP contribution in [0.15, 0.2) is 0 Å². The van der Waals surface area contributed by atoms with E-state index in [4.69, 9.17) is 5.73 Å². The molecule has 0 rings (SSSR count). The first kappa shape index (κ1) is 15.9. The van der Waals surface area contributed by atoms with Crippen LogP contribution in [0.3, 0.4) is 0 Å². The Hall–Kier alpha value is -0.0800. The van der Waals surface area contributed by atoms with Crippen molar-refractivity contribution >= 4 is 0 Å². The van der Waals surface area contributed by atoms with Gasteiger partial charge in [-0.3, -0.25) is 0 Å². The van der Waals surface area contributed by atoms with Gasteiger partial charge < -0.3 is 10.6 Å². The van der Waals surface area contributed by atoms with Crippen molar-refractivity contribution in [3.05, 3.63) is 0 Å². The molecule has 2 nitrogen and oxygen atoms in total. The van der Waals surface area contributed by atoms with Crippen LogP contribution in [0.5, 0.6) is 0 Å². The zero-order valence-electron chi connectivity index (χ0n) is 12.0. The summed E-state index contributed by atoms with van der Waals surface area (Å²) in [6.07, 6.45) is 3.80. The molecule has 0 bridgehead atoms. The number of hydrogen-bond acceptors (Lipinski definition) is 2. The average molecular weight is 228 g/mol. The van der Waals surface area contributed by atoms with Gasteiger partial charge in [0, 0.05) is 6.54 Å². The van der Waals surface area contributed by atoms with E-state index in [0.29, 0.717) is 5.92 Å². The smallest absolute Gasteiger partial charge is 0.000387 e. The molecule has 2 unspecified atom stereocenters. The van der Waals surface area contributed by atoms with Crippen molar-refractivity contribution in [2.75, 3.05) is 26.7 Å². The van der Waals surface area contributed by atoms with Crippen LogP contribution in [-0.4, -0.2) is 31.6 Å². The normalized spacial score (nSPS) is 15.8. The maximum Gasteiger partial charge on any atom is 0.000387 e. The Morgan fingerprint density at radius 1 is 1.19 bits per heavy atom. The lowest BCUT2D eigenvalue weighted by atomic mass is 9.94. The van der Waals surface area contributed by atoms with Gasteiger partial charge in [0.15, 0.2) is 0 Å².